The molecule has 0 saturated heterocycles. The SMILES string of the molecule is CCN(CC)c1nn(Cc2ccc(F)cc2)c2ccccc12. The Balaban J connectivity index is 2.04. The first-order valence-electron chi connectivity index (χ1n) is 7.67. The molecule has 2 aromatic carbocycles. The van der Waals surface area contributed by atoms with Gasteiger partial charge in [-0.3, -0.25) is 4.68 Å². The van der Waals surface area contributed by atoms with Gasteiger partial charge in [0.15, 0.2) is 5.82 Å². The van der Waals surface area contributed by atoms with Crippen molar-refractivity contribution in [2.75, 3.05) is 18.0 Å². The van der Waals surface area contributed by atoms with Gasteiger partial charge in [-0.2, -0.15) is 5.10 Å². The Morgan fingerprint density at radius 2 is 1.68 bits per heavy atom. The normalized spacial score (nSPS) is 11.0. The van der Waals surface area contributed by atoms with Crippen molar-refractivity contribution in [2.45, 2.75) is 20.4 Å². The van der Waals surface area contributed by atoms with Crippen LogP contribution in [0.25, 0.3) is 10.9 Å². The molecule has 3 rings (SSSR count). The molecule has 0 fully saturated rings. The van der Waals surface area contributed by atoms with Crippen LogP contribution >= 0.6 is 0 Å². The summed E-state index contributed by atoms with van der Waals surface area (Å²) in [6.07, 6.45) is 0. The molecule has 0 bridgehead atoms. The first-order chi connectivity index (χ1) is 10.7. The van der Waals surface area contributed by atoms with Gasteiger partial charge in [0.25, 0.3) is 0 Å². The fourth-order valence-corrected chi connectivity index (χ4v) is 2.75. The molecule has 0 radical (unpaired) electrons. The first-order valence-corrected chi connectivity index (χ1v) is 7.67. The van der Waals surface area contributed by atoms with E-state index in [9.17, 15) is 4.39 Å². The van der Waals surface area contributed by atoms with Gasteiger partial charge in [-0.05, 0) is 43.7 Å². The molecule has 0 aliphatic rings. The number of anilines is 1. The largest absolute Gasteiger partial charge is 0.355 e. The maximum atomic E-state index is 13.1. The number of aromatic nitrogens is 2. The Morgan fingerprint density at radius 1 is 1.00 bits per heavy atom. The second-order valence-corrected chi connectivity index (χ2v) is 5.30. The standard InChI is InChI=1S/C18H20FN3/c1-3-21(4-2)18-16-7-5-6-8-17(16)22(20-18)13-14-9-11-15(19)12-10-14/h5-12H,3-4,13H2,1-2H3. The summed E-state index contributed by atoms with van der Waals surface area (Å²) in [5, 5.41) is 5.96. The Kier molecular flexibility index (Phi) is 4.09. The lowest BCUT2D eigenvalue weighted by molar-refractivity contribution is 0.625. The third-order valence-electron chi connectivity index (χ3n) is 3.95. The minimum Gasteiger partial charge on any atom is -0.355 e. The number of fused-ring (bicyclic) bond motifs is 1. The number of hydrogen-bond acceptors (Lipinski definition) is 2. The third-order valence-corrected chi connectivity index (χ3v) is 3.95. The molecule has 0 N–H and O–H groups in total. The zero-order valence-electron chi connectivity index (χ0n) is 13.0. The summed E-state index contributed by atoms with van der Waals surface area (Å²) in [6.45, 7) is 6.76. The predicted molar refractivity (Wildman–Crippen MR) is 88.8 cm³/mol. The second kappa shape index (κ2) is 6.18. The van der Waals surface area contributed by atoms with Gasteiger partial charge >= 0.3 is 0 Å². The Hall–Kier alpha value is -2.36. The van der Waals surface area contributed by atoms with Gasteiger partial charge in [-0.25, -0.2) is 4.39 Å². The summed E-state index contributed by atoms with van der Waals surface area (Å²) < 4.78 is 15.0. The monoisotopic (exact) mass is 297 g/mol. The van der Waals surface area contributed by atoms with Crippen LogP contribution in [0.2, 0.25) is 0 Å². The molecule has 4 heteroatoms. The van der Waals surface area contributed by atoms with Crippen molar-refractivity contribution in [1.82, 2.24) is 9.78 Å². The van der Waals surface area contributed by atoms with Crippen LogP contribution in [0.1, 0.15) is 19.4 Å². The van der Waals surface area contributed by atoms with Gasteiger partial charge in [0, 0.05) is 18.5 Å². The van der Waals surface area contributed by atoms with Crippen LogP contribution in [0.3, 0.4) is 0 Å². The predicted octanol–water partition coefficient (Wildman–Crippen LogP) is 4.07. The number of benzene rings is 2. The van der Waals surface area contributed by atoms with Gasteiger partial charge in [-0.15, -0.1) is 0 Å². The lowest BCUT2D eigenvalue weighted by Crippen LogP contribution is -2.22. The van der Waals surface area contributed by atoms with Crippen LogP contribution in [0.5, 0.6) is 0 Å². The number of para-hydroxylation sites is 1. The molecule has 22 heavy (non-hydrogen) atoms. The van der Waals surface area contributed by atoms with E-state index in [0.29, 0.717) is 6.54 Å². The highest BCUT2D eigenvalue weighted by Crippen LogP contribution is 2.26. The average Bonchev–Trinajstić information content (AvgIpc) is 2.90. The molecule has 1 aromatic heterocycles. The molecule has 0 saturated carbocycles. The summed E-state index contributed by atoms with van der Waals surface area (Å²) >= 11 is 0. The smallest absolute Gasteiger partial charge is 0.158 e. The van der Waals surface area contributed by atoms with Crippen LogP contribution in [0.4, 0.5) is 10.2 Å². The van der Waals surface area contributed by atoms with Gasteiger partial charge in [0.1, 0.15) is 5.82 Å². The van der Waals surface area contributed by atoms with Gasteiger partial charge in [-0.1, -0.05) is 24.3 Å². The van der Waals surface area contributed by atoms with Crippen LogP contribution in [-0.2, 0) is 6.54 Å². The molecule has 0 atom stereocenters. The molecular formula is C18H20FN3. The topological polar surface area (TPSA) is 21.1 Å². The number of halogens is 1. The fraction of sp³-hybridized carbons (Fsp3) is 0.278. The van der Waals surface area contributed by atoms with E-state index in [1.54, 1.807) is 0 Å². The van der Waals surface area contributed by atoms with Crippen LogP contribution < -0.4 is 4.90 Å². The van der Waals surface area contributed by atoms with E-state index in [1.807, 2.05) is 28.9 Å². The number of hydrogen-bond donors (Lipinski definition) is 0. The Morgan fingerprint density at radius 3 is 2.36 bits per heavy atom. The van der Waals surface area contributed by atoms with Gasteiger partial charge < -0.3 is 4.90 Å². The maximum absolute atomic E-state index is 13.1. The Bertz CT molecular complexity index is 758. The zero-order valence-corrected chi connectivity index (χ0v) is 13.0. The number of nitrogens with zero attached hydrogens (tertiary/aromatic N) is 3. The quantitative estimate of drug-likeness (QED) is 0.708. The minimum atomic E-state index is -0.210. The van der Waals surface area contributed by atoms with Crippen molar-refractivity contribution < 1.29 is 4.39 Å². The molecule has 0 spiro atoms. The second-order valence-electron chi connectivity index (χ2n) is 5.30. The third kappa shape index (κ3) is 2.69. The molecule has 1 heterocycles. The summed E-state index contributed by atoms with van der Waals surface area (Å²) in [5.41, 5.74) is 2.15. The summed E-state index contributed by atoms with van der Waals surface area (Å²) in [4.78, 5) is 2.25. The van der Waals surface area contributed by atoms with Crippen molar-refractivity contribution >= 4 is 16.7 Å². The molecule has 3 aromatic rings. The highest BCUT2D eigenvalue weighted by atomic mass is 19.1. The molecule has 3 nitrogen and oxygen atoms in total. The molecule has 114 valence electrons. The first kappa shape index (κ1) is 14.6. The van der Waals surface area contributed by atoms with Crippen molar-refractivity contribution in [3.63, 3.8) is 0 Å². The molecule has 0 amide bonds. The fourth-order valence-electron chi connectivity index (χ4n) is 2.75. The van der Waals surface area contributed by atoms with E-state index in [4.69, 9.17) is 5.10 Å². The van der Waals surface area contributed by atoms with E-state index >= 15 is 0 Å². The van der Waals surface area contributed by atoms with E-state index < -0.39 is 0 Å². The van der Waals surface area contributed by atoms with Crippen molar-refractivity contribution in [1.29, 1.82) is 0 Å². The van der Waals surface area contributed by atoms with E-state index in [0.717, 1.165) is 35.4 Å². The van der Waals surface area contributed by atoms with E-state index in [1.165, 1.54) is 12.1 Å². The average molecular weight is 297 g/mol. The minimum absolute atomic E-state index is 0.210. The van der Waals surface area contributed by atoms with E-state index in [-0.39, 0.29) is 5.82 Å². The highest BCUT2D eigenvalue weighted by Gasteiger charge is 2.14. The molecule has 0 aliphatic carbocycles. The summed E-state index contributed by atoms with van der Waals surface area (Å²) in [6, 6.07) is 14.9. The van der Waals surface area contributed by atoms with Gasteiger partial charge in [0.2, 0.25) is 0 Å². The highest BCUT2D eigenvalue weighted by molar-refractivity contribution is 5.90. The van der Waals surface area contributed by atoms with Crippen molar-refractivity contribution in [3.8, 4) is 0 Å². The molecule has 0 unspecified atom stereocenters. The summed E-state index contributed by atoms with van der Waals surface area (Å²) in [5.74, 6) is 0.806. The molecular weight excluding hydrogens is 277 g/mol. The Labute approximate surface area is 130 Å². The van der Waals surface area contributed by atoms with Crippen molar-refractivity contribution in [3.05, 3.63) is 59.9 Å². The number of rotatable bonds is 5. The van der Waals surface area contributed by atoms with Crippen LogP contribution in [-0.4, -0.2) is 22.9 Å². The summed E-state index contributed by atoms with van der Waals surface area (Å²) in [7, 11) is 0. The van der Waals surface area contributed by atoms with E-state index in [2.05, 4.69) is 30.9 Å². The zero-order chi connectivity index (χ0) is 15.5. The lowest BCUT2D eigenvalue weighted by atomic mass is 10.2. The molecule has 0 aliphatic heterocycles. The van der Waals surface area contributed by atoms with Crippen molar-refractivity contribution in [2.24, 2.45) is 0 Å². The maximum Gasteiger partial charge on any atom is 0.158 e. The lowest BCUT2D eigenvalue weighted by Gasteiger charge is -2.18. The van der Waals surface area contributed by atoms with Crippen LogP contribution in [0.15, 0.2) is 48.5 Å². The van der Waals surface area contributed by atoms with Gasteiger partial charge in [0.05, 0.1) is 12.1 Å². The van der Waals surface area contributed by atoms with Crippen LogP contribution in [0, 0.1) is 5.82 Å².